The first-order chi connectivity index (χ1) is 7.10. The second-order valence-electron chi connectivity index (χ2n) is 4.70. The molecule has 0 bridgehead atoms. The molecule has 0 radical (unpaired) electrons. The first kappa shape index (κ1) is 14.9. The number of nitrogens with zero attached hydrogens (tertiary/aromatic N) is 1. The molecule has 2 nitrogen and oxygen atoms in total. The first-order valence-electron chi connectivity index (χ1n) is 6.51. The summed E-state index contributed by atoms with van der Waals surface area (Å²) in [6.45, 7) is 11.0. The summed E-state index contributed by atoms with van der Waals surface area (Å²) in [5, 5.41) is 0. The maximum atomic E-state index is 5.95. The van der Waals surface area contributed by atoms with E-state index >= 15 is 0 Å². The first-order valence-corrected chi connectivity index (χ1v) is 6.51. The summed E-state index contributed by atoms with van der Waals surface area (Å²) in [5.41, 5.74) is 6.17. The van der Waals surface area contributed by atoms with E-state index in [2.05, 4.69) is 39.6 Å². The van der Waals surface area contributed by atoms with Crippen LogP contribution in [0.3, 0.4) is 0 Å². The fraction of sp³-hybridized carbons (Fsp3) is 1.00. The molecular weight excluding hydrogens is 184 g/mol. The van der Waals surface area contributed by atoms with Crippen LogP contribution in [0.2, 0.25) is 0 Å². The summed E-state index contributed by atoms with van der Waals surface area (Å²) in [5.74, 6) is 0.819. The van der Waals surface area contributed by atoms with E-state index in [1.807, 2.05) is 0 Å². The highest BCUT2D eigenvalue weighted by Gasteiger charge is 2.29. The molecule has 0 rings (SSSR count). The van der Waals surface area contributed by atoms with Crippen molar-refractivity contribution < 1.29 is 0 Å². The summed E-state index contributed by atoms with van der Waals surface area (Å²) in [4.78, 5) is 2.49. The molecule has 0 fully saturated rings. The van der Waals surface area contributed by atoms with Gasteiger partial charge in [0.1, 0.15) is 0 Å². The van der Waals surface area contributed by atoms with Gasteiger partial charge in [0.2, 0.25) is 0 Å². The Labute approximate surface area is 96.2 Å². The lowest BCUT2D eigenvalue weighted by Gasteiger charge is -2.41. The zero-order chi connectivity index (χ0) is 11.9. The minimum atomic E-state index is 0.225. The highest BCUT2D eigenvalue weighted by Crippen LogP contribution is 2.23. The number of likely N-dealkylation sites (N-methyl/N-ethyl adjacent to an activating group) is 1. The van der Waals surface area contributed by atoms with Crippen molar-refractivity contribution in [2.24, 2.45) is 11.7 Å². The monoisotopic (exact) mass is 214 g/mol. The van der Waals surface area contributed by atoms with Crippen molar-refractivity contribution in [2.45, 2.75) is 58.9 Å². The predicted octanol–water partition coefficient (Wildman–Crippen LogP) is 2.87. The molecule has 0 spiro atoms. The zero-order valence-corrected chi connectivity index (χ0v) is 11.3. The van der Waals surface area contributed by atoms with Crippen molar-refractivity contribution in [1.82, 2.24) is 4.90 Å². The van der Waals surface area contributed by atoms with Crippen molar-refractivity contribution in [3.05, 3.63) is 0 Å². The lowest BCUT2D eigenvalue weighted by Crippen LogP contribution is -2.52. The molecule has 2 heteroatoms. The molecule has 0 saturated heterocycles. The van der Waals surface area contributed by atoms with Crippen molar-refractivity contribution in [2.75, 3.05) is 20.1 Å². The molecule has 2 N–H and O–H groups in total. The molecule has 92 valence electrons. The van der Waals surface area contributed by atoms with Crippen LogP contribution in [0.5, 0.6) is 0 Å². The lowest BCUT2D eigenvalue weighted by molar-refractivity contribution is 0.0944. The molecular formula is C13H30N2. The Morgan fingerprint density at radius 3 is 1.80 bits per heavy atom. The van der Waals surface area contributed by atoms with E-state index in [4.69, 9.17) is 5.73 Å². The minimum Gasteiger partial charge on any atom is -0.329 e. The lowest BCUT2D eigenvalue weighted by atomic mass is 9.89. The summed E-state index contributed by atoms with van der Waals surface area (Å²) in [6.07, 6.45) is 4.84. The summed E-state index contributed by atoms with van der Waals surface area (Å²) in [6, 6.07) is 0. The maximum absolute atomic E-state index is 5.95. The van der Waals surface area contributed by atoms with Gasteiger partial charge in [-0.2, -0.15) is 0 Å². The van der Waals surface area contributed by atoms with Crippen LogP contribution < -0.4 is 5.73 Å². The number of nitrogens with two attached hydrogens (primary N) is 1. The molecule has 0 atom stereocenters. The van der Waals surface area contributed by atoms with E-state index in [0.717, 1.165) is 25.3 Å². The van der Waals surface area contributed by atoms with Gasteiger partial charge in [-0.3, -0.25) is 4.90 Å². The van der Waals surface area contributed by atoms with Crippen molar-refractivity contribution >= 4 is 0 Å². The quantitative estimate of drug-likeness (QED) is 0.673. The van der Waals surface area contributed by atoms with Crippen molar-refractivity contribution in [1.29, 1.82) is 0 Å². The molecule has 0 aromatic carbocycles. The van der Waals surface area contributed by atoms with Gasteiger partial charge in [-0.1, -0.05) is 40.5 Å². The number of rotatable bonds is 8. The molecule has 0 aliphatic rings. The molecule has 0 aliphatic heterocycles. The third-order valence-electron chi connectivity index (χ3n) is 4.19. The van der Waals surface area contributed by atoms with Crippen LogP contribution in [0.1, 0.15) is 53.4 Å². The Hall–Kier alpha value is -0.0800. The van der Waals surface area contributed by atoms with Crippen LogP contribution in [-0.2, 0) is 0 Å². The van der Waals surface area contributed by atoms with Gasteiger partial charge in [0.05, 0.1) is 0 Å². The largest absolute Gasteiger partial charge is 0.329 e. The van der Waals surface area contributed by atoms with Crippen molar-refractivity contribution in [3.63, 3.8) is 0 Å². The van der Waals surface area contributed by atoms with Gasteiger partial charge < -0.3 is 5.73 Å². The third kappa shape index (κ3) is 3.76. The Morgan fingerprint density at radius 2 is 1.53 bits per heavy atom. The molecule has 0 aromatic heterocycles. The molecule has 15 heavy (non-hydrogen) atoms. The van der Waals surface area contributed by atoms with E-state index in [0.29, 0.717) is 0 Å². The maximum Gasteiger partial charge on any atom is 0.0323 e. The summed E-state index contributed by atoms with van der Waals surface area (Å²) < 4.78 is 0. The average molecular weight is 214 g/mol. The van der Waals surface area contributed by atoms with Crippen LogP contribution in [0.25, 0.3) is 0 Å². The molecule has 0 saturated carbocycles. The summed E-state index contributed by atoms with van der Waals surface area (Å²) >= 11 is 0. The van der Waals surface area contributed by atoms with E-state index in [1.54, 1.807) is 0 Å². The fourth-order valence-electron chi connectivity index (χ4n) is 2.36. The Bertz CT molecular complexity index is 140. The van der Waals surface area contributed by atoms with Crippen molar-refractivity contribution in [3.8, 4) is 0 Å². The van der Waals surface area contributed by atoms with Crippen LogP contribution >= 0.6 is 0 Å². The van der Waals surface area contributed by atoms with E-state index in [9.17, 15) is 0 Å². The van der Waals surface area contributed by atoms with E-state index < -0.39 is 0 Å². The molecule has 0 aliphatic carbocycles. The topological polar surface area (TPSA) is 29.3 Å². The normalized spacial score (nSPS) is 12.8. The molecule has 0 heterocycles. The number of hydrogen-bond donors (Lipinski definition) is 1. The highest BCUT2D eigenvalue weighted by atomic mass is 15.2. The molecule has 0 aromatic rings. The van der Waals surface area contributed by atoms with Gasteiger partial charge in [0, 0.05) is 18.6 Å². The Morgan fingerprint density at radius 1 is 1.07 bits per heavy atom. The third-order valence-corrected chi connectivity index (χ3v) is 4.19. The SMILES string of the molecule is CCC(CC)CN(C)C(CC)(CC)CN. The average Bonchev–Trinajstić information content (AvgIpc) is 2.29. The van der Waals surface area contributed by atoms with Crippen LogP contribution in [-0.4, -0.2) is 30.6 Å². The second kappa shape index (κ2) is 7.24. The zero-order valence-electron chi connectivity index (χ0n) is 11.3. The predicted molar refractivity (Wildman–Crippen MR) is 69.1 cm³/mol. The fourth-order valence-corrected chi connectivity index (χ4v) is 2.36. The second-order valence-corrected chi connectivity index (χ2v) is 4.70. The molecule has 0 amide bonds. The van der Waals surface area contributed by atoms with Gasteiger partial charge in [0.15, 0.2) is 0 Å². The van der Waals surface area contributed by atoms with Gasteiger partial charge in [-0.05, 0) is 25.8 Å². The smallest absolute Gasteiger partial charge is 0.0323 e. The van der Waals surface area contributed by atoms with Crippen LogP contribution in [0.4, 0.5) is 0 Å². The minimum absolute atomic E-state index is 0.225. The Balaban J connectivity index is 4.43. The van der Waals surface area contributed by atoms with Gasteiger partial charge in [-0.25, -0.2) is 0 Å². The van der Waals surface area contributed by atoms with Gasteiger partial charge in [-0.15, -0.1) is 0 Å². The van der Waals surface area contributed by atoms with Gasteiger partial charge in [0.25, 0.3) is 0 Å². The highest BCUT2D eigenvalue weighted by molar-refractivity contribution is 4.88. The Kier molecular flexibility index (Phi) is 7.20. The van der Waals surface area contributed by atoms with E-state index in [-0.39, 0.29) is 5.54 Å². The van der Waals surface area contributed by atoms with Crippen LogP contribution in [0, 0.1) is 5.92 Å². The van der Waals surface area contributed by atoms with E-state index in [1.165, 1.54) is 19.4 Å². The number of hydrogen-bond acceptors (Lipinski definition) is 2. The summed E-state index contributed by atoms with van der Waals surface area (Å²) in [7, 11) is 2.23. The standard InChI is InChI=1S/C13H30N2/c1-6-12(7-2)10-15(5)13(8-3,9-4)11-14/h12H,6-11,14H2,1-5H3. The van der Waals surface area contributed by atoms with Gasteiger partial charge >= 0.3 is 0 Å². The molecule has 0 unspecified atom stereocenters. The van der Waals surface area contributed by atoms with Crippen LogP contribution in [0.15, 0.2) is 0 Å².